The maximum Gasteiger partial charge on any atom is 0.296 e. The molecule has 1 aromatic rings. The lowest BCUT2D eigenvalue weighted by Crippen LogP contribution is -2.18. The minimum absolute atomic E-state index is 0.0119. The fourth-order valence-electron chi connectivity index (χ4n) is 3.99. The number of hydrogen-bond acceptors (Lipinski definition) is 4. The molecular formula is C13H20ClN3O2S. The first-order valence-electron chi connectivity index (χ1n) is 7.24. The van der Waals surface area contributed by atoms with E-state index in [4.69, 9.17) is 10.7 Å². The molecule has 5 nitrogen and oxygen atoms in total. The smallest absolute Gasteiger partial charge is 0.296 e. The summed E-state index contributed by atoms with van der Waals surface area (Å²) in [6.45, 7) is 3.86. The maximum atomic E-state index is 11.6. The van der Waals surface area contributed by atoms with Crippen molar-refractivity contribution in [2.45, 2.75) is 57.1 Å². The van der Waals surface area contributed by atoms with Gasteiger partial charge in [0.15, 0.2) is 0 Å². The molecule has 0 aliphatic heterocycles. The molecule has 3 rings (SSSR count). The van der Waals surface area contributed by atoms with Crippen LogP contribution >= 0.6 is 10.7 Å². The first-order chi connectivity index (χ1) is 9.36. The summed E-state index contributed by atoms with van der Waals surface area (Å²) in [4.78, 5) is 0. The van der Waals surface area contributed by atoms with Crippen LogP contribution in [0, 0.1) is 17.8 Å². The van der Waals surface area contributed by atoms with E-state index in [0.29, 0.717) is 5.92 Å². The highest BCUT2D eigenvalue weighted by Crippen LogP contribution is 2.49. The molecule has 3 unspecified atom stereocenters. The summed E-state index contributed by atoms with van der Waals surface area (Å²) in [6, 6.07) is -0.0119. The molecule has 0 amide bonds. The molecule has 0 saturated heterocycles. The van der Waals surface area contributed by atoms with Gasteiger partial charge in [-0.05, 0) is 50.9 Å². The van der Waals surface area contributed by atoms with Crippen LogP contribution in [-0.2, 0) is 15.5 Å². The van der Waals surface area contributed by atoms with Gasteiger partial charge in [0, 0.05) is 23.1 Å². The maximum absolute atomic E-state index is 11.6. The van der Waals surface area contributed by atoms with E-state index in [0.717, 1.165) is 24.1 Å². The van der Waals surface area contributed by atoms with Crippen LogP contribution < -0.4 is 0 Å². The zero-order chi connectivity index (χ0) is 14.5. The van der Waals surface area contributed by atoms with Crippen molar-refractivity contribution in [1.82, 2.24) is 14.8 Å². The van der Waals surface area contributed by atoms with Crippen LogP contribution in [0.3, 0.4) is 0 Å². The second kappa shape index (κ2) is 4.98. The monoisotopic (exact) mass is 317 g/mol. The Balaban J connectivity index is 1.88. The van der Waals surface area contributed by atoms with Gasteiger partial charge < -0.3 is 0 Å². The molecule has 0 aromatic carbocycles. The summed E-state index contributed by atoms with van der Waals surface area (Å²) >= 11 is 0. The van der Waals surface area contributed by atoms with Crippen LogP contribution in [0.1, 0.15) is 51.4 Å². The van der Waals surface area contributed by atoms with Gasteiger partial charge >= 0.3 is 0 Å². The largest absolute Gasteiger partial charge is 0.298 e. The van der Waals surface area contributed by atoms with Crippen molar-refractivity contribution in [1.29, 1.82) is 0 Å². The van der Waals surface area contributed by atoms with E-state index < -0.39 is 9.05 Å². The number of nitrogens with zero attached hydrogens (tertiary/aromatic N) is 3. The Morgan fingerprint density at radius 3 is 2.55 bits per heavy atom. The number of fused-ring (bicyclic) bond motifs is 2. The zero-order valence-electron chi connectivity index (χ0n) is 11.8. The fourth-order valence-corrected chi connectivity index (χ4v) is 5.00. The van der Waals surface area contributed by atoms with Gasteiger partial charge in [-0.15, -0.1) is 10.2 Å². The van der Waals surface area contributed by atoms with Gasteiger partial charge in [-0.3, -0.25) is 4.57 Å². The number of rotatable bonds is 4. The highest BCUT2D eigenvalue weighted by atomic mass is 35.7. The molecule has 112 valence electrons. The Labute approximate surface area is 124 Å². The molecule has 2 aliphatic carbocycles. The minimum Gasteiger partial charge on any atom is -0.298 e. The Morgan fingerprint density at radius 2 is 2.05 bits per heavy atom. The Bertz CT molecular complexity index is 611. The second-order valence-corrected chi connectivity index (χ2v) is 8.90. The number of hydrogen-bond donors (Lipinski definition) is 0. The highest BCUT2D eigenvalue weighted by molar-refractivity contribution is 8.13. The second-order valence-electron chi connectivity index (χ2n) is 6.44. The third-order valence-electron chi connectivity index (χ3n) is 4.80. The first-order valence-corrected chi connectivity index (χ1v) is 9.55. The zero-order valence-corrected chi connectivity index (χ0v) is 13.4. The van der Waals surface area contributed by atoms with Crippen LogP contribution in [0.25, 0.3) is 0 Å². The molecule has 1 aromatic heterocycles. The van der Waals surface area contributed by atoms with Crippen molar-refractivity contribution in [2.24, 2.45) is 17.8 Å². The third kappa shape index (κ3) is 2.48. The van der Waals surface area contributed by atoms with Gasteiger partial charge in [0.25, 0.3) is 14.2 Å². The molecule has 1 heterocycles. The molecule has 0 radical (unpaired) electrons. The fraction of sp³-hybridized carbons (Fsp3) is 0.846. The average molecular weight is 318 g/mol. The molecule has 0 spiro atoms. The summed E-state index contributed by atoms with van der Waals surface area (Å²) in [5.74, 6) is 3.04. The van der Waals surface area contributed by atoms with E-state index in [1.165, 1.54) is 25.7 Å². The summed E-state index contributed by atoms with van der Waals surface area (Å²) in [6.07, 6.45) is 6.07. The minimum atomic E-state index is -3.84. The van der Waals surface area contributed by atoms with Crippen LogP contribution in [-0.4, -0.2) is 23.2 Å². The summed E-state index contributed by atoms with van der Waals surface area (Å²) in [5.41, 5.74) is 0. The molecule has 0 N–H and O–H groups in total. The lowest BCUT2D eigenvalue weighted by Gasteiger charge is -2.22. The van der Waals surface area contributed by atoms with E-state index in [9.17, 15) is 8.42 Å². The predicted octanol–water partition coefficient (Wildman–Crippen LogP) is 2.77. The van der Waals surface area contributed by atoms with E-state index in [2.05, 4.69) is 10.2 Å². The standard InChI is InChI=1S/C13H20ClN3O2S/c1-8(2)17-12(15-16-13(17)20(14,18)19)7-11-6-9-3-4-10(11)5-9/h8-11H,3-7H2,1-2H3. The van der Waals surface area contributed by atoms with Crippen LogP contribution in [0.4, 0.5) is 0 Å². The third-order valence-corrected chi connectivity index (χ3v) is 5.93. The number of aromatic nitrogens is 3. The quantitative estimate of drug-likeness (QED) is 0.801. The van der Waals surface area contributed by atoms with E-state index in [-0.39, 0.29) is 11.2 Å². The molecule has 2 fully saturated rings. The van der Waals surface area contributed by atoms with Gasteiger partial charge in [0.05, 0.1) is 0 Å². The Hall–Kier alpha value is -0.620. The van der Waals surface area contributed by atoms with Crippen molar-refractivity contribution < 1.29 is 8.42 Å². The molecule has 3 atom stereocenters. The normalized spacial score (nSPS) is 29.5. The topological polar surface area (TPSA) is 64.8 Å². The summed E-state index contributed by atoms with van der Waals surface area (Å²) in [7, 11) is 1.61. The van der Waals surface area contributed by atoms with Gasteiger partial charge in [-0.1, -0.05) is 6.42 Å². The van der Waals surface area contributed by atoms with Gasteiger partial charge in [-0.2, -0.15) is 0 Å². The molecule has 2 aliphatic rings. The average Bonchev–Trinajstić information content (AvgIpc) is 3.00. The molecule has 20 heavy (non-hydrogen) atoms. The summed E-state index contributed by atoms with van der Waals surface area (Å²) in [5, 5.41) is 7.79. The van der Waals surface area contributed by atoms with Crippen molar-refractivity contribution >= 4 is 19.7 Å². The SMILES string of the molecule is CC(C)n1c(CC2CC3CCC2C3)nnc1S(=O)(=O)Cl. The number of halogens is 1. The Kier molecular flexibility index (Phi) is 3.57. The van der Waals surface area contributed by atoms with E-state index in [1.54, 1.807) is 4.57 Å². The van der Waals surface area contributed by atoms with E-state index >= 15 is 0 Å². The van der Waals surface area contributed by atoms with Crippen LogP contribution in [0.15, 0.2) is 5.16 Å². The van der Waals surface area contributed by atoms with Gasteiger partial charge in [-0.25, -0.2) is 8.42 Å². The van der Waals surface area contributed by atoms with Crippen LogP contribution in [0.2, 0.25) is 0 Å². The highest BCUT2D eigenvalue weighted by Gasteiger charge is 2.40. The predicted molar refractivity (Wildman–Crippen MR) is 76.1 cm³/mol. The van der Waals surface area contributed by atoms with Gasteiger partial charge in [0.2, 0.25) is 0 Å². The molecule has 7 heteroatoms. The molecule has 2 saturated carbocycles. The van der Waals surface area contributed by atoms with Crippen molar-refractivity contribution in [2.75, 3.05) is 0 Å². The molecular weight excluding hydrogens is 298 g/mol. The first kappa shape index (κ1) is 14.3. The Morgan fingerprint density at radius 1 is 1.30 bits per heavy atom. The molecule has 2 bridgehead atoms. The van der Waals surface area contributed by atoms with Crippen molar-refractivity contribution in [3.63, 3.8) is 0 Å². The lowest BCUT2D eigenvalue weighted by molar-refractivity contribution is 0.320. The van der Waals surface area contributed by atoms with Crippen molar-refractivity contribution in [3.05, 3.63) is 5.82 Å². The van der Waals surface area contributed by atoms with Crippen molar-refractivity contribution in [3.8, 4) is 0 Å². The van der Waals surface area contributed by atoms with E-state index in [1.807, 2.05) is 13.8 Å². The lowest BCUT2D eigenvalue weighted by atomic mass is 9.86. The summed E-state index contributed by atoms with van der Waals surface area (Å²) < 4.78 is 24.8. The van der Waals surface area contributed by atoms with Gasteiger partial charge in [0.1, 0.15) is 5.82 Å². The van der Waals surface area contributed by atoms with Crippen LogP contribution in [0.5, 0.6) is 0 Å².